The fourth-order valence-corrected chi connectivity index (χ4v) is 3.18. The molecule has 5 heteroatoms. The lowest BCUT2D eigenvalue weighted by Crippen LogP contribution is -2.44. The molecule has 1 saturated heterocycles. The smallest absolute Gasteiger partial charge is 0.307 e. The predicted octanol–water partition coefficient (Wildman–Crippen LogP) is 2.71. The van der Waals surface area contributed by atoms with E-state index in [2.05, 4.69) is 4.90 Å². The van der Waals surface area contributed by atoms with Crippen LogP contribution in [0.4, 0.5) is 0 Å². The molecule has 2 atom stereocenters. The van der Waals surface area contributed by atoms with Crippen LogP contribution in [0.25, 0.3) is 0 Å². The molecule has 2 rings (SSSR count). The Hall–Kier alpha value is -1.88. The average Bonchev–Trinajstić information content (AvgIpc) is 2.57. The molecule has 1 fully saturated rings. The number of carbonyl (C=O) groups excluding carboxylic acids is 2. The van der Waals surface area contributed by atoms with Crippen LogP contribution in [0, 0.1) is 0 Å². The summed E-state index contributed by atoms with van der Waals surface area (Å²) >= 11 is 0. The molecule has 0 bridgehead atoms. The lowest BCUT2D eigenvalue weighted by atomic mass is 9.94. The molecule has 1 aliphatic heterocycles. The van der Waals surface area contributed by atoms with Gasteiger partial charge in [-0.05, 0) is 24.9 Å². The Morgan fingerprint density at radius 1 is 1.26 bits per heavy atom. The molecule has 0 spiro atoms. The summed E-state index contributed by atoms with van der Waals surface area (Å²) in [4.78, 5) is 25.3. The number of methoxy groups -OCH3 is 1. The summed E-state index contributed by atoms with van der Waals surface area (Å²) in [5.74, 6) is -0.478. The normalized spacial score (nSPS) is 19.8. The van der Waals surface area contributed by atoms with Gasteiger partial charge in [-0.3, -0.25) is 14.5 Å². The predicted molar refractivity (Wildman–Crippen MR) is 86.8 cm³/mol. The number of esters is 2. The van der Waals surface area contributed by atoms with E-state index in [1.54, 1.807) is 0 Å². The highest BCUT2D eigenvalue weighted by Crippen LogP contribution is 2.30. The van der Waals surface area contributed by atoms with Gasteiger partial charge in [0.05, 0.1) is 19.6 Å². The summed E-state index contributed by atoms with van der Waals surface area (Å²) in [6.45, 7) is 2.61. The Kier molecular flexibility index (Phi) is 6.59. The van der Waals surface area contributed by atoms with Crippen molar-refractivity contribution in [2.24, 2.45) is 0 Å². The summed E-state index contributed by atoms with van der Waals surface area (Å²) in [6.07, 6.45) is 3.52. The van der Waals surface area contributed by atoms with Gasteiger partial charge in [0.25, 0.3) is 0 Å². The number of likely N-dealkylation sites (tertiary alicyclic amines) is 1. The summed E-state index contributed by atoms with van der Waals surface area (Å²) in [5, 5.41) is 0. The van der Waals surface area contributed by atoms with E-state index >= 15 is 0 Å². The Bertz CT molecular complexity index is 517. The van der Waals surface area contributed by atoms with Crippen molar-refractivity contribution in [2.45, 2.75) is 44.7 Å². The second kappa shape index (κ2) is 8.67. The number of piperidine rings is 1. The van der Waals surface area contributed by atoms with Crippen molar-refractivity contribution in [3.05, 3.63) is 35.9 Å². The molecule has 23 heavy (non-hydrogen) atoms. The second-order valence-electron chi connectivity index (χ2n) is 5.90. The Morgan fingerprint density at radius 3 is 2.65 bits per heavy atom. The Labute approximate surface area is 137 Å². The van der Waals surface area contributed by atoms with Crippen molar-refractivity contribution in [1.29, 1.82) is 0 Å². The van der Waals surface area contributed by atoms with Gasteiger partial charge in [-0.2, -0.15) is 0 Å². The van der Waals surface area contributed by atoms with Crippen LogP contribution in [0.1, 0.15) is 44.2 Å². The number of rotatable bonds is 6. The van der Waals surface area contributed by atoms with E-state index in [0.717, 1.165) is 31.4 Å². The van der Waals surface area contributed by atoms with Crippen molar-refractivity contribution >= 4 is 11.9 Å². The fourth-order valence-electron chi connectivity index (χ4n) is 3.18. The quantitative estimate of drug-likeness (QED) is 0.755. The first-order chi connectivity index (χ1) is 11.1. The number of benzene rings is 1. The first-order valence-electron chi connectivity index (χ1n) is 8.12. The number of carbonyl (C=O) groups is 2. The van der Waals surface area contributed by atoms with Crippen LogP contribution in [0.5, 0.6) is 0 Å². The minimum Gasteiger partial charge on any atom is -0.469 e. The highest BCUT2D eigenvalue weighted by atomic mass is 16.5. The monoisotopic (exact) mass is 319 g/mol. The number of hydrogen-bond donors (Lipinski definition) is 0. The van der Waals surface area contributed by atoms with Crippen LogP contribution in [-0.4, -0.2) is 43.1 Å². The number of hydrogen-bond acceptors (Lipinski definition) is 5. The second-order valence-corrected chi connectivity index (χ2v) is 5.90. The fraction of sp³-hybridized carbons (Fsp3) is 0.556. The molecular formula is C18H25NO4. The molecule has 1 heterocycles. The van der Waals surface area contributed by atoms with Gasteiger partial charge < -0.3 is 9.47 Å². The largest absolute Gasteiger partial charge is 0.469 e. The zero-order valence-electron chi connectivity index (χ0n) is 13.9. The van der Waals surface area contributed by atoms with E-state index in [-0.39, 0.29) is 24.0 Å². The van der Waals surface area contributed by atoms with Gasteiger partial charge >= 0.3 is 11.9 Å². The third kappa shape index (κ3) is 5.06. The van der Waals surface area contributed by atoms with Crippen molar-refractivity contribution in [1.82, 2.24) is 4.90 Å². The highest BCUT2D eigenvalue weighted by Gasteiger charge is 2.32. The molecule has 0 aromatic heterocycles. The zero-order valence-corrected chi connectivity index (χ0v) is 13.9. The molecule has 1 aromatic carbocycles. The van der Waals surface area contributed by atoms with E-state index in [4.69, 9.17) is 9.47 Å². The average molecular weight is 319 g/mol. The van der Waals surface area contributed by atoms with E-state index in [1.165, 1.54) is 14.0 Å². The maximum Gasteiger partial charge on any atom is 0.307 e. The van der Waals surface area contributed by atoms with Crippen molar-refractivity contribution in [3.8, 4) is 0 Å². The summed E-state index contributed by atoms with van der Waals surface area (Å²) < 4.78 is 10.1. The van der Waals surface area contributed by atoms with E-state index in [1.807, 2.05) is 30.3 Å². The lowest BCUT2D eigenvalue weighted by Gasteiger charge is -2.40. The molecule has 0 aliphatic carbocycles. The lowest BCUT2D eigenvalue weighted by molar-refractivity contribution is -0.146. The summed E-state index contributed by atoms with van der Waals surface area (Å²) in [5.41, 5.74) is 1.10. The number of nitrogens with zero attached hydrogens (tertiary/aromatic N) is 1. The SMILES string of the molecule is COC(=O)C[C@@H]1CCCCN1[C@H](COC(C)=O)c1ccccc1. The van der Waals surface area contributed by atoms with Crippen LogP contribution in [-0.2, 0) is 19.1 Å². The summed E-state index contributed by atoms with van der Waals surface area (Å²) in [7, 11) is 1.42. The van der Waals surface area contributed by atoms with Crippen LogP contribution in [0.15, 0.2) is 30.3 Å². The maximum absolute atomic E-state index is 11.7. The molecule has 0 radical (unpaired) electrons. The molecule has 1 aliphatic rings. The molecule has 5 nitrogen and oxygen atoms in total. The first-order valence-corrected chi connectivity index (χ1v) is 8.12. The van der Waals surface area contributed by atoms with Crippen LogP contribution in [0.3, 0.4) is 0 Å². The molecule has 0 amide bonds. The third-order valence-electron chi connectivity index (χ3n) is 4.33. The number of ether oxygens (including phenoxy) is 2. The van der Waals surface area contributed by atoms with Crippen molar-refractivity contribution < 1.29 is 19.1 Å². The molecule has 0 N–H and O–H groups in total. The van der Waals surface area contributed by atoms with E-state index < -0.39 is 0 Å². The molecule has 1 aromatic rings. The third-order valence-corrected chi connectivity index (χ3v) is 4.33. The minimum atomic E-state index is -0.285. The standard InChI is InChI=1S/C18H25NO4/c1-14(20)23-13-17(15-8-4-3-5-9-15)19-11-7-6-10-16(19)12-18(21)22-2/h3-5,8-9,16-17H,6-7,10-13H2,1-2H3/t16-,17+/m0/s1. The molecular weight excluding hydrogens is 294 g/mol. The molecule has 0 unspecified atom stereocenters. The van der Waals surface area contributed by atoms with Gasteiger partial charge in [0.15, 0.2) is 0 Å². The van der Waals surface area contributed by atoms with Gasteiger partial charge in [0, 0.05) is 13.0 Å². The zero-order chi connectivity index (χ0) is 16.7. The minimum absolute atomic E-state index is 0.0324. The Balaban J connectivity index is 2.20. The van der Waals surface area contributed by atoms with Gasteiger partial charge in [-0.1, -0.05) is 36.8 Å². The van der Waals surface area contributed by atoms with Gasteiger partial charge in [0.2, 0.25) is 0 Å². The van der Waals surface area contributed by atoms with Crippen LogP contribution in [0.2, 0.25) is 0 Å². The summed E-state index contributed by atoms with van der Waals surface area (Å²) in [6, 6.07) is 10.1. The maximum atomic E-state index is 11.7. The van der Waals surface area contributed by atoms with Gasteiger partial charge in [0.1, 0.15) is 6.61 Å². The van der Waals surface area contributed by atoms with Crippen LogP contribution < -0.4 is 0 Å². The van der Waals surface area contributed by atoms with Crippen LogP contribution >= 0.6 is 0 Å². The molecule has 0 saturated carbocycles. The highest BCUT2D eigenvalue weighted by molar-refractivity contribution is 5.70. The van der Waals surface area contributed by atoms with E-state index in [0.29, 0.717) is 13.0 Å². The van der Waals surface area contributed by atoms with Gasteiger partial charge in [-0.15, -0.1) is 0 Å². The Morgan fingerprint density at radius 2 is 2.00 bits per heavy atom. The molecule has 126 valence electrons. The van der Waals surface area contributed by atoms with E-state index in [9.17, 15) is 9.59 Å². The van der Waals surface area contributed by atoms with Crippen molar-refractivity contribution in [3.63, 3.8) is 0 Å². The van der Waals surface area contributed by atoms with Gasteiger partial charge in [-0.25, -0.2) is 0 Å². The first kappa shape index (κ1) is 17.5. The van der Waals surface area contributed by atoms with Crippen molar-refractivity contribution in [2.75, 3.05) is 20.3 Å². The topological polar surface area (TPSA) is 55.8 Å².